The summed E-state index contributed by atoms with van der Waals surface area (Å²) in [5.74, 6) is 0. The lowest BCUT2D eigenvalue weighted by molar-refractivity contribution is 0.490. The zero-order chi connectivity index (χ0) is 11.1. The Hall–Kier alpha value is 0.140. The van der Waals surface area contributed by atoms with Crippen molar-refractivity contribution in [2.24, 2.45) is 0 Å². The highest BCUT2D eigenvalue weighted by atomic mass is 79.9. The van der Waals surface area contributed by atoms with Gasteiger partial charge in [0.25, 0.3) is 0 Å². The maximum atomic E-state index is 3.60. The number of alkyl halides is 1. The molecule has 1 rings (SSSR count). The third-order valence-corrected chi connectivity index (χ3v) is 4.27. The second kappa shape index (κ2) is 7.42. The summed E-state index contributed by atoms with van der Waals surface area (Å²) < 4.78 is 0. The first-order valence-corrected chi connectivity index (χ1v) is 7.60. The molecule has 0 aliphatic rings. The molecule has 1 nitrogen and oxygen atoms in total. The van der Waals surface area contributed by atoms with E-state index in [1.54, 1.807) is 0 Å². The predicted octanol–water partition coefficient (Wildman–Crippen LogP) is 3.96. The maximum absolute atomic E-state index is 3.60. The molecule has 0 aliphatic heterocycles. The molecule has 0 radical (unpaired) electrons. The second-order valence-electron chi connectivity index (χ2n) is 3.69. The van der Waals surface area contributed by atoms with Crippen LogP contribution in [0.1, 0.15) is 36.4 Å². The van der Waals surface area contributed by atoms with Gasteiger partial charge >= 0.3 is 0 Å². The normalized spacial score (nSPS) is 13.0. The van der Waals surface area contributed by atoms with Crippen LogP contribution in [0.2, 0.25) is 0 Å². The molecule has 1 unspecified atom stereocenters. The Kier molecular flexibility index (Phi) is 6.53. The van der Waals surface area contributed by atoms with E-state index in [0.29, 0.717) is 6.04 Å². The lowest BCUT2D eigenvalue weighted by Gasteiger charge is -2.14. The van der Waals surface area contributed by atoms with Gasteiger partial charge in [0.1, 0.15) is 0 Å². The fraction of sp³-hybridized carbons (Fsp3) is 0.667. The summed E-state index contributed by atoms with van der Waals surface area (Å²) in [5.41, 5.74) is 0. The van der Waals surface area contributed by atoms with Gasteiger partial charge in [0.15, 0.2) is 0 Å². The minimum atomic E-state index is 0.650. The molecule has 1 aromatic rings. The summed E-state index contributed by atoms with van der Waals surface area (Å²) in [6.45, 7) is 5.48. The molecule has 3 heteroatoms. The summed E-state index contributed by atoms with van der Waals surface area (Å²) in [5, 5.41) is 4.69. The highest BCUT2D eigenvalue weighted by Crippen LogP contribution is 2.17. The topological polar surface area (TPSA) is 12.0 Å². The molecule has 0 saturated heterocycles. The van der Waals surface area contributed by atoms with Crippen molar-refractivity contribution in [3.63, 3.8) is 0 Å². The van der Waals surface area contributed by atoms with Gasteiger partial charge in [-0.25, -0.2) is 0 Å². The molecular weight excluding hydrogens is 270 g/mol. The van der Waals surface area contributed by atoms with Crippen LogP contribution in [0.4, 0.5) is 0 Å². The third kappa shape index (κ3) is 4.66. The van der Waals surface area contributed by atoms with Crippen LogP contribution in [0.3, 0.4) is 0 Å². The van der Waals surface area contributed by atoms with Gasteiger partial charge in [0, 0.05) is 27.7 Å². The molecule has 1 atom stereocenters. The Bertz CT molecular complexity index is 272. The molecule has 0 spiro atoms. The minimum Gasteiger partial charge on any atom is -0.309 e. The monoisotopic (exact) mass is 289 g/mol. The lowest BCUT2D eigenvalue weighted by Crippen LogP contribution is -2.27. The standard InChI is InChI=1S/C12H20BrNS/c1-3-10(7-8-13)14-9-12-6-5-11(4-2)15-12/h5-6,10,14H,3-4,7-9H2,1-2H3. The molecule has 0 amide bonds. The van der Waals surface area contributed by atoms with Crippen LogP contribution < -0.4 is 5.32 Å². The number of nitrogens with one attached hydrogen (secondary N) is 1. The van der Waals surface area contributed by atoms with Crippen molar-refractivity contribution in [1.29, 1.82) is 0 Å². The highest BCUT2D eigenvalue weighted by molar-refractivity contribution is 9.09. The first-order valence-electron chi connectivity index (χ1n) is 5.67. The average molecular weight is 290 g/mol. The van der Waals surface area contributed by atoms with Crippen molar-refractivity contribution < 1.29 is 0 Å². The van der Waals surface area contributed by atoms with Gasteiger partial charge in [0.2, 0.25) is 0 Å². The summed E-state index contributed by atoms with van der Waals surface area (Å²) in [6.07, 6.45) is 3.57. The maximum Gasteiger partial charge on any atom is 0.0302 e. The summed E-state index contributed by atoms with van der Waals surface area (Å²) in [6, 6.07) is 5.14. The molecule has 0 aliphatic carbocycles. The van der Waals surface area contributed by atoms with E-state index in [2.05, 4.69) is 47.2 Å². The zero-order valence-corrected chi connectivity index (χ0v) is 12.0. The molecule has 1 N–H and O–H groups in total. The fourth-order valence-electron chi connectivity index (χ4n) is 1.53. The molecule has 0 fully saturated rings. The Labute approximate surface area is 105 Å². The van der Waals surface area contributed by atoms with E-state index >= 15 is 0 Å². The number of aryl methyl sites for hydroxylation is 1. The fourth-order valence-corrected chi connectivity index (χ4v) is 3.00. The first kappa shape index (κ1) is 13.2. The Balaban J connectivity index is 2.34. The van der Waals surface area contributed by atoms with Crippen molar-refractivity contribution in [2.75, 3.05) is 5.33 Å². The van der Waals surface area contributed by atoms with Crippen molar-refractivity contribution in [1.82, 2.24) is 5.32 Å². The van der Waals surface area contributed by atoms with Crippen LogP contribution >= 0.6 is 27.3 Å². The van der Waals surface area contributed by atoms with Gasteiger partial charge in [-0.2, -0.15) is 0 Å². The number of rotatable bonds is 7. The smallest absolute Gasteiger partial charge is 0.0302 e. The van der Waals surface area contributed by atoms with Crippen LogP contribution in [0.25, 0.3) is 0 Å². The molecule has 1 aromatic heterocycles. The summed E-state index contributed by atoms with van der Waals surface area (Å²) >= 11 is 5.42. The van der Waals surface area contributed by atoms with E-state index in [1.807, 2.05) is 11.3 Å². The summed E-state index contributed by atoms with van der Waals surface area (Å²) in [4.78, 5) is 2.94. The van der Waals surface area contributed by atoms with Crippen molar-refractivity contribution in [3.8, 4) is 0 Å². The second-order valence-corrected chi connectivity index (χ2v) is 5.73. The first-order chi connectivity index (χ1) is 7.30. The van der Waals surface area contributed by atoms with Crippen LogP contribution in [-0.2, 0) is 13.0 Å². The lowest BCUT2D eigenvalue weighted by atomic mass is 10.2. The van der Waals surface area contributed by atoms with Crippen LogP contribution in [0, 0.1) is 0 Å². The van der Waals surface area contributed by atoms with E-state index in [1.165, 1.54) is 22.6 Å². The van der Waals surface area contributed by atoms with Gasteiger partial charge in [-0.05, 0) is 31.4 Å². The molecule has 86 valence electrons. The van der Waals surface area contributed by atoms with Crippen molar-refractivity contribution in [2.45, 2.75) is 45.7 Å². The van der Waals surface area contributed by atoms with Gasteiger partial charge < -0.3 is 5.32 Å². The largest absolute Gasteiger partial charge is 0.309 e. The zero-order valence-electron chi connectivity index (χ0n) is 9.55. The van der Waals surface area contributed by atoms with E-state index in [0.717, 1.165) is 18.3 Å². The Morgan fingerprint density at radius 1 is 1.33 bits per heavy atom. The summed E-state index contributed by atoms with van der Waals surface area (Å²) in [7, 11) is 0. The third-order valence-electron chi connectivity index (χ3n) is 2.58. The molecular formula is C12H20BrNS. The molecule has 0 saturated carbocycles. The SMILES string of the molecule is CCc1ccc(CNC(CC)CCBr)s1. The van der Waals surface area contributed by atoms with Crippen LogP contribution in [0.5, 0.6) is 0 Å². The van der Waals surface area contributed by atoms with E-state index in [4.69, 9.17) is 0 Å². The number of hydrogen-bond acceptors (Lipinski definition) is 2. The van der Waals surface area contributed by atoms with Gasteiger partial charge in [-0.15, -0.1) is 11.3 Å². The number of hydrogen-bond donors (Lipinski definition) is 1. The van der Waals surface area contributed by atoms with E-state index in [9.17, 15) is 0 Å². The minimum absolute atomic E-state index is 0.650. The quantitative estimate of drug-likeness (QED) is 0.749. The molecule has 1 heterocycles. The van der Waals surface area contributed by atoms with E-state index < -0.39 is 0 Å². The molecule has 15 heavy (non-hydrogen) atoms. The van der Waals surface area contributed by atoms with Crippen LogP contribution in [-0.4, -0.2) is 11.4 Å². The van der Waals surface area contributed by atoms with E-state index in [-0.39, 0.29) is 0 Å². The van der Waals surface area contributed by atoms with Crippen molar-refractivity contribution in [3.05, 3.63) is 21.9 Å². The molecule has 0 aromatic carbocycles. The number of halogens is 1. The number of thiophene rings is 1. The van der Waals surface area contributed by atoms with Gasteiger partial charge in [-0.1, -0.05) is 29.8 Å². The van der Waals surface area contributed by atoms with Gasteiger partial charge in [0.05, 0.1) is 0 Å². The highest BCUT2D eigenvalue weighted by Gasteiger charge is 2.05. The predicted molar refractivity (Wildman–Crippen MR) is 73.0 cm³/mol. The Morgan fingerprint density at radius 2 is 2.07 bits per heavy atom. The van der Waals surface area contributed by atoms with Crippen molar-refractivity contribution >= 4 is 27.3 Å². The van der Waals surface area contributed by atoms with Crippen LogP contribution in [0.15, 0.2) is 12.1 Å². The Morgan fingerprint density at radius 3 is 2.60 bits per heavy atom. The average Bonchev–Trinajstić information content (AvgIpc) is 2.72. The molecule has 0 bridgehead atoms. The van der Waals surface area contributed by atoms with Gasteiger partial charge in [-0.3, -0.25) is 0 Å².